The molecule has 2 rings (SSSR count). The molecule has 0 unspecified atom stereocenters. The number of non-ortho nitro benzene ring substituents is 1. The molecule has 0 fully saturated rings. The van der Waals surface area contributed by atoms with Crippen LogP contribution in [0, 0.1) is 10.1 Å². The normalized spacial score (nSPS) is 10.9. The van der Waals surface area contributed by atoms with Crippen LogP contribution in [0.1, 0.15) is 6.92 Å². The molecular formula is C19H25N5O4. The lowest BCUT2D eigenvalue weighted by Crippen LogP contribution is -2.34. The number of anilines is 2. The fourth-order valence-corrected chi connectivity index (χ4v) is 2.43. The molecule has 0 saturated heterocycles. The molecule has 0 radical (unpaired) electrons. The molecule has 0 heterocycles. The summed E-state index contributed by atoms with van der Waals surface area (Å²) >= 11 is 0. The Morgan fingerprint density at radius 2 is 1.82 bits per heavy atom. The van der Waals surface area contributed by atoms with Gasteiger partial charge in [0.05, 0.1) is 18.6 Å². The first-order valence-electron chi connectivity index (χ1n) is 8.84. The molecule has 0 aliphatic heterocycles. The quantitative estimate of drug-likeness (QED) is 0.199. The summed E-state index contributed by atoms with van der Waals surface area (Å²) in [6, 6.07) is 11.9. The molecule has 2 aromatic carbocycles. The van der Waals surface area contributed by atoms with Gasteiger partial charge in [-0.15, -0.1) is 0 Å². The van der Waals surface area contributed by atoms with E-state index in [0.29, 0.717) is 37.2 Å². The lowest BCUT2D eigenvalue weighted by atomic mass is 10.2. The van der Waals surface area contributed by atoms with Crippen molar-refractivity contribution in [2.75, 3.05) is 44.5 Å². The van der Waals surface area contributed by atoms with Crippen LogP contribution in [0.3, 0.4) is 0 Å². The highest BCUT2D eigenvalue weighted by molar-refractivity contribution is 5.93. The number of nitro groups is 1. The Morgan fingerprint density at radius 1 is 1.11 bits per heavy atom. The molecule has 0 aromatic heterocycles. The number of hydrogen-bond donors (Lipinski definition) is 3. The molecule has 0 aliphatic carbocycles. The van der Waals surface area contributed by atoms with E-state index in [1.54, 1.807) is 26.3 Å². The van der Waals surface area contributed by atoms with Gasteiger partial charge in [0.25, 0.3) is 5.69 Å². The van der Waals surface area contributed by atoms with E-state index in [0.717, 1.165) is 11.4 Å². The average Bonchev–Trinajstić information content (AvgIpc) is 2.71. The fraction of sp³-hybridized carbons (Fsp3) is 0.316. The summed E-state index contributed by atoms with van der Waals surface area (Å²) in [5, 5.41) is 20.2. The van der Waals surface area contributed by atoms with Gasteiger partial charge in [0.2, 0.25) is 0 Å². The molecule has 9 heteroatoms. The largest absolute Gasteiger partial charge is 0.493 e. The van der Waals surface area contributed by atoms with Gasteiger partial charge in [-0.1, -0.05) is 0 Å². The molecule has 0 spiro atoms. The molecule has 150 valence electrons. The summed E-state index contributed by atoms with van der Waals surface area (Å²) in [5.74, 6) is 1.94. The molecule has 0 amide bonds. The third-order valence-corrected chi connectivity index (χ3v) is 3.77. The van der Waals surface area contributed by atoms with E-state index in [-0.39, 0.29) is 5.69 Å². The van der Waals surface area contributed by atoms with E-state index in [1.807, 2.05) is 25.1 Å². The number of methoxy groups -OCH3 is 1. The Bertz CT molecular complexity index is 808. The van der Waals surface area contributed by atoms with Crippen molar-refractivity contribution < 1.29 is 14.4 Å². The predicted molar refractivity (Wildman–Crippen MR) is 111 cm³/mol. The maximum absolute atomic E-state index is 10.7. The summed E-state index contributed by atoms with van der Waals surface area (Å²) in [6.07, 6.45) is 0. The number of guanidine groups is 1. The molecular weight excluding hydrogens is 362 g/mol. The first kappa shape index (κ1) is 20.8. The summed E-state index contributed by atoms with van der Waals surface area (Å²) in [7, 11) is 3.29. The lowest BCUT2D eigenvalue weighted by Gasteiger charge is -2.15. The van der Waals surface area contributed by atoms with E-state index in [9.17, 15) is 10.1 Å². The van der Waals surface area contributed by atoms with Gasteiger partial charge in [0.15, 0.2) is 17.5 Å². The van der Waals surface area contributed by atoms with Crippen molar-refractivity contribution in [2.24, 2.45) is 4.99 Å². The second-order valence-corrected chi connectivity index (χ2v) is 5.65. The third-order valence-electron chi connectivity index (χ3n) is 3.77. The number of nitrogens with one attached hydrogen (secondary N) is 3. The van der Waals surface area contributed by atoms with Crippen LogP contribution in [0.2, 0.25) is 0 Å². The van der Waals surface area contributed by atoms with Crippen LogP contribution < -0.4 is 25.4 Å². The van der Waals surface area contributed by atoms with E-state index in [4.69, 9.17) is 9.47 Å². The van der Waals surface area contributed by atoms with Gasteiger partial charge in [-0.05, 0) is 31.2 Å². The lowest BCUT2D eigenvalue weighted by molar-refractivity contribution is -0.384. The van der Waals surface area contributed by atoms with Crippen molar-refractivity contribution in [1.29, 1.82) is 0 Å². The highest BCUT2D eigenvalue weighted by Crippen LogP contribution is 2.30. The van der Waals surface area contributed by atoms with Crippen LogP contribution >= 0.6 is 0 Å². The van der Waals surface area contributed by atoms with Gasteiger partial charge in [0.1, 0.15) is 0 Å². The fourth-order valence-electron chi connectivity index (χ4n) is 2.43. The minimum Gasteiger partial charge on any atom is -0.493 e. The van der Waals surface area contributed by atoms with Gasteiger partial charge < -0.3 is 25.4 Å². The van der Waals surface area contributed by atoms with Gasteiger partial charge in [-0.2, -0.15) is 0 Å². The van der Waals surface area contributed by atoms with E-state index >= 15 is 0 Å². The van der Waals surface area contributed by atoms with E-state index in [2.05, 4.69) is 20.9 Å². The third kappa shape index (κ3) is 6.04. The van der Waals surface area contributed by atoms with Gasteiger partial charge >= 0.3 is 0 Å². The van der Waals surface area contributed by atoms with Crippen LogP contribution in [0.5, 0.6) is 11.5 Å². The van der Waals surface area contributed by atoms with Crippen molar-refractivity contribution in [3.63, 3.8) is 0 Å². The molecule has 3 N–H and O–H groups in total. The number of aliphatic imine (C=N–C) groups is 1. The smallest absolute Gasteiger partial charge is 0.269 e. The summed E-state index contributed by atoms with van der Waals surface area (Å²) in [4.78, 5) is 14.4. The van der Waals surface area contributed by atoms with Crippen molar-refractivity contribution in [3.8, 4) is 11.5 Å². The van der Waals surface area contributed by atoms with E-state index in [1.165, 1.54) is 12.1 Å². The molecule has 2 aromatic rings. The van der Waals surface area contributed by atoms with Crippen molar-refractivity contribution in [3.05, 3.63) is 52.6 Å². The zero-order chi connectivity index (χ0) is 20.4. The maximum atomic E-state index is 10.7. The topological polar surface area (TPSA) is 110 Å². The number of rotatable bonds is 9. The zero-order valence-corrected chi connectivity index (χ0v) is 16.2. The van der Waals surface area contributed by atoms with Crippen LogP contribution in [0.25, 0.3) is 0 Å². The van der Waals surface area contributed by atoms with Crippen molar-refractivity contribution in [2.45, 2.75) is 6.92 Å². The number of hydrogen-bond acceptors (Lipinski definition) is 6. The SMILES string of the molecule is CCOc1cc(NC(=NC)NCCNc2ccc([N+](=O)[O-])cc2)ccc1OC. The standard InChI is InChI=1S/C19H25N5O4/c1-4-28-18-13-15(7-10-17(18)27-3)23-19(20-2)22-12-11-21-14-5-8-16(9-6-14)24(25)26/h5-10,13,21H,4,11-12H2,1-3H3,(H2,20,22,23). The van der Waals surface area contributed by atoms with Crippen LogP contribution in [0.15, 0.2) is 47.5 Å². The minimum absolute atomic E-state index is 0.0687. The molecule has 0 atom stereocenters. The molecule has 0 saturated carbocycles. The molecule has 0 bridgehead atoms. The molecule has 0 aliphatic rings. The van der Waals surface area contributed by atoms with E-state index < -0.39 is 4.92 Å². The molecule has 28 heavy (non-hydrogen) atoms. The van der Waals surface area contributed by atoms with Crippen molar-refractivity contribution >= 4 is 23.0 Å². The van der Waals surface area contributed by atoms with Gasteiger partial charge in [-0.3, -0.25) is 15.1 Å². The Labute approximate surface area is 163 Å². The number of nitrogens with zero attached hydrogens (tertiary/aromatic N) is 2. The number of ether oxygens (including phenoxy) is 2. The predicted octanol–water partition coefficient (Wildman–Crippen LogP) is 3.10. The Hall–Kier alpha value is -3.49. The Kier molecular flexibility index (Phi) is 7.89. The second kappa shape index (κ2) is 10.6. The highest BCUT2D eigenvalue weighted by Gasteiger charge is 2.07. The maximum Gasteiger partial charge on any atom is 0.269 e. The first-order valence-corrected chi connectivity index (χ1v) is 8.84. The van der Waals surface area contributed by atoms with Crippen LogP contribution in [-0.4, -0.2) is 44.7 Å². The number of benzene rings is 2. The van der Waals surface area contributed by atoms with Gasteiger partial charge in [0, 0.05) is 49.7 Å². The number of nitro benzene ring substituents is 1. The first-order chi connectivity index (χ1) is 13.6. The Balaban J connectivity index is 1.84. The van der Waals surface area contributed by atoms with Crippen LogP contribution in [0.4, 0.5) is 17.1 Å². The average molecular weight is 387 g/mol. The monoisotopic (exact) mass is 387 g/mol. The summed E-state index contributed by atoms with van der Waals surface area (Å²) in [5.41, 5.74) is 1.70. The second-order valence-electron chi connectivity index (χ2n) is 5.65. The van der Waals surface area contributed by atoms with Crippen molar-refractivity contribution in [1.82, 2.24) is 5.32 Å². The summed E-state index contributed by atoms with van der Waals surface area (Å²) in [6.45, 7) is 3.68. The summed E-state index contributed by atoms with van der Waals surface area (Å²) < 4.78 is 10.9. The highest BCUT2D eigenvalue weighted by atomic mass is 16.6. The van der Waals surface area contributed by atoms with Gasteiger partial charge in [-0.25, -0.2) is 0 Å². The zero-order valence-electron chi connectivity index (χ0n) is 16.2. The van der Waals surface area contributed by atoms with Crippen LogP contribution in [-0.2, 0) is 0 Å². The minimum atomic E-state index is -0.420. The molecule has 9 nitrogen and oxygen atoms in total. The Morgan fingerprint density at radius 3 is 2.43 bits per heavy atom.